The molecule has 0 unspecified atom stereocenters. The Hall–Kier alpha value is -7.54. The normalized spacial score (nSPS) is 12.3. The number of benzene rings is 10. The monoisotopic (exact) mass is 878 g/mol. The predicted octanol–water partition coefficient (Wildman–Crippen LogP) is 18.3. The summed E-state index contributed by atoms with van der Waals surface area (Å²) in [7, 11) is 0. The van der Waals surface area contributed by atoms with Crippen molar-refractivity contribution in [2.45, 2.75) is 0 Å². The smallest absolute Gasteiger partial charge is 0.0555 e. The van der Waals surface area contributed by atoms with Crippen LogP contribution in [0.2, 0.25) is 0 Å². The van der Waals surface area contributed by atoms with Crippen LogP contribution in [-0.4, -0.2) is 9.13 Å². The maximum absolute atomic E-state index is 2.46. The molecule has 10 aromatic carbocycles. The van der Waals surface area contributed by atoms with Crippen molar-refractivity contribution in [2.75, 3.05) is 0 Å². The molecule has 0 aliphatic heterocycles. The highest BCUT2D eigenvalue weighted by molar-refractivity contribution is 7.28. The van der Waals surface area contributed by atoms with Crippen molar-refractivity contribution in [2.24, 2.45) is 0 Å². The van der Waals surface area contributed by atoms with E-state index >= 15 is 0 Å². The fourth-order valence-electron chi connectivity index (χ4n) is 10.8. The van der Waals surface area contributed by atoms with Gasteiger partial charge in [-0.3, -0.25) is 0 Å². The van der Waals surface area contributed by atoms with Gasteiger partial charge in [0, 0.05) is 93.4 Å². The third kappa shape index (κ3) is 5.14. The standard InChI is InChI=1S/C60H34N2S3/c1-5-13-49-45(11-1)57-51(61(49)39-23-17-35(18-24-39)37-21-31-55-47(33-37)41-9-3-7-15-53(41)63-55)29-27-43-44-28-30-52-58(60(44)65-59(43)57)46-12-2-6-14-50(46)62(52)40-25-19-36(20-26-40)38-22-32-56-48(34-38)42-10-4-8-16-54(42)64-56/h1-34H. The van der Waals surface area contributed by atoms with E-state index in [0.717, 1.165) is 0 Å². The summed E-state index contributed by atoms with van der Waals surface area (Å²) >= 11 is 5.68. The van der Waals surface area contributed by atoms with E-state index in [1.54, 1.807) is 0 Å². The Morgan fingerprint density at radius 3 is 1.09 bits per heavy atom. The number of fused-ring (bicyclic) bond motifs is 17. The van der Waals surface area contributed by atoms with E-state index < -0.39 is 0 Å². The number of hydrogen-bond donors (Lipinski definition) is 0. The third-order valence-corrected chi connectivity index (χ3v) is 17.3. The molecule has 0 aliphatic rings. The van der Waals surface area contributed by atoms with Crippen molar-refractivity contribution in [3.05, 3.63) is 206 Å². The zero-order valence-electron chi connectivity index (χ0n) is 34.7. The van der Waals surface area contributed by atoms with Gasteiger partial charge in [0.2, 0.25) is 0 Å². The zero-order valence-corrected chi connectivity index (χ0v) is 37.2. The summed E-state index contributed by atoms with van der Waals surface area (Å²) in [4.78, 5) is 0. The van der Waals surface area contributed by atoms with Gasteiger partial charge in [-0.15, -0.1) is 34.0 Å². The zero-order chi connectivity index (χ0) is 42.3. The van der Waals surface area contributed by atoms with Crippen molar-refractivity contribution < 1.29 is 0 Å². The molecule has 0 fully saturated rings. The van der Waals surface area contributed by atoms with Crippen LogP contribution < -0.4 is 0 Å². The molecular weight excluding hydrogens is 845 g/mol. The van der Waals surface area contributed by atoms with E-state index in [-0.39, 0.29) is 0 Å². The molecule has 65 heavy (non-hydrogen) atoms. The summed E-state index contributed by atoms with van der Waals surface area (Å²) in [5.74, 6) is 0. The van der Waals surface area contributed by atoms with Crippen LogP contribution in [0.3, 0.4) is 0 Å². The number of nitrogens with zero attached hydrogens (tertiary/aromatic N) is 2. The van der Waals surface area contributed by atoms with E-state index in [9.17, 15) is 0 Å². The minimum atomic E-state index is 1.17. The van der Waals surface area contributed by atoms with E-state index in [1.807, 2.05) is 34.0 Å². The van der Waals surface area contributed by atoms with Gasteiger partial charge in [-0.2, -0.15) is 0 Å². The summed E-state index contributed by atoms with van der Waals surface area (Å²) < 4.78 is 12.9. The highest BCUT2D eigenvalue weighted by Gasteiger charge is 2.21. The molecule has 5 heteroatoms. The van der Waals surface area contributed by atoms with E-state index in [4.69, 9.17) is 0 Å². The number of para-hydroxylation sites is 2. The first-order valence-electron chi connectivity index (χ1n) is 22.1. The SMILES string of the molecule is c1ccc2c(c1)sc1ccc(-c3ccc(-n4c5ccccc5c5c6sc7c(ccc8c7c7ccccc7n8-c7ccc(-c8ccc9sc%10ccccc%10c9c8)cc7)c6ccc54)cc3)cc12. The minimum absolute atomic E-state index is 1.17. The highest BCUT2D eigenvalue weighted by atomic mass is 32.1. The van der Waals surface area contributed by atoms with Gasteiger partial charge in [0.1, 0.15) is 0 Å². The van der Waals surface area contributed by atoms with Gasteiger partial charge in [0.15, 0.2) is 0 Å². The van der Waals surface area contributed by atoms with Crippen LogP contribution in [-0.2, 0) is 0 Å². The van der Waals surface area contributed by atoms with E-state index in [1.165, 1.54) is 138 Å². The number of hydrogen-bond acceptors (Lipinski definition) is 3. The Kier molecular flexibility index (Phi) is 7.44. The van der Waals surface area contributed by atoms with Gasteiger partial charge in [-0.25, -0.2) is 0 Å². The predicted molar refractivity (Wildman–Crippen MR) is 285 cm³/mol. The van der Waals surface area contributed by atoms with Crippen LogP contribution >= 0.6 is 34.0 Å². The summed E-state index contributed by atoms with van der Waals surface area (Å²) in [5.41, 5.74) is 12.2. The molecule has 0 saturated heterocycles. The quantitative estimate of drug-likeness (QED) is 0.167. The van der Waals surface area contributed by atoms with Gasteiger partial charge in [0.05, 0.1) is 22.1 Å². The maximum atomic E-state index is 2.46. The third-order valence-electron chi connectivity index (χ3n) is 13.7. The molecule has 0 amide bonds. The van der Waals surface area contributed by atoms with Gasteiger partial charge in [0.25, 0.3) is 0 Å². The van der Waals surface area contributed by atoms with Crippen LogP contribution in [0.1, 0.15) is 0 Å². The Morgan fingerprint density at radius 1 is 0.246 bits per heavy atom. The molecule has 15 aromatic rings. The van der Waals surface area contributed by atoms with Crippen LogP contribution in [0.4, 0.5) is 0 Å². The van der Waals surface area contributed by atoms with Crippen molar-refractivity contribution in [3.63, 3.8) is 0 Å². The fraction of sp³-hybridized carbons (Fsp3) is 0. The number of thiophene rings is 3. The lowest BCUT2D eigenvalue weighted by molar-refractivity contribution is 1.18. The van der Waals surface area contributed by atoms with Crippen LogP contribution in [0.25, 0.3) is 138 Å². The first-order chi connectivity index (χ1) is 32.2. The summed E-state index contributed by atoms with van der Waals surface area (Å²) in [6, 6.07) is 76.9. The molecule has 0 radical (unpaired) electrons. The lowest BCUT2D eigenvalue weighted by Gasteiger charge is -2.10. The van der Waals surface area contributed by atoms with Crippen molar-refractivity contribution in [1.82, 2.24) is 9.13 Å². The molecule has 5 aromatic heterocycles. The molecule has 5 heterocycles. The summed E-state index contributed by atoms with van der Waals surface area (Å²) in [6.07, 6.45) is 0. The van der Waals surface area contributed by atoms with Crippen molar-refractivity contribution in [3.8, 4) is 33.6 Å². The second-order valence-corrected chi connectivity index (χ2v) is 20.4. The largest absolute Gasteiger partial charge is 0.309 e. The lowest BCUT2D eigenvalue weighted by Crippen LogP contribution is -1.93. The molecule has 0 bridgehead atoms. The van der Waals surface area contributed by atoms with Crippen LogP contribution in [0, 0.1) is 0 Å². The second-order valence-electron chi connectivity index (χ2n) is 17.2. The Bertz CT molecular complexity index is 4170. The van der Waals surface area contributed by atoms with Crippen molar-refractivity contribution in [1.29, 1.82) is 0 Å². The van der Waals surface area contributed by atoms with Gasteiger partial charge < -0.3 is 9.13 Å². The lowest BCUT2D eigenvalue weighted by atomic mass is 10.0. The van der Waals surface area contributed by atoms with Crippen LogP contribution in [0.15, 0.2) is 206 Å². The second kappa shape index (κ2) is 13.5. The molecule has 0 aliphatic carbocycles. The molecule has 2 nitrogen and oxygen atoms in total. The first kappa shape index (κ1) is 35.9. The van der Waals surface area contributed by atoms with Gasteiger partial charge in [-0.1, -0.05) is 121 Å². The Labute approximate surface area is 384 Å². The molecule has 15 rings (SSSR count). The summed E-state index contributed by atoms with van der Waals surface area (Å²) in [5, 5.41) is 13.1. The van der Waals surface area contributed by atoms with E-state index in [0.29, 0.717) is 0 Å². The maximum Gasteiger partial charge on any atom is 0.0555 e. The van der Waals surface area contributed by atoms with Crippen LogP contribution in [0.5, 0.6) is 0 Å². The number of aromatic nitrogens is 2. The fourth-order valence-corrected chi connectivity index (χ4v) is 14.4. The van der Waals surface area contributed by atoms with Crippen molar-refractivity contribution >= 4 is 138 Å². The first-order valence-corrected chi connectivity index (χ1v) is 24.5. The van der Waals surface area contributed by atoms with Gasteiger partial charge >= 0.3 is 0 Å². The average Bonchev–Trinajstić information content (AvgIpc) is 4.18. The van der Waals surface area contributed by atoms with Gasteiger partial charge in [-0.05, 0) is 107 Å². The minimum Gasteiger partial charge on any atom is -0.309 e. The molecular formula is C60H34N2S3. The molecule has 0 atom stereocenters. The van der Waals surface area contributed by atoms with E-state index in [2.05, 4.69) is 215 Å². The topological polar surface area (TPSA) is 9.86 Å². The number of rotatable bonds is 4. The Morgan fingerprint density at radius 2 is 0.631 bits per heavy atom. The molecule has 302 valence electrons. The molecule has 0 spiro atoms. The highest BCUT2D eigenvalue weighted by Crippen LogP contribution is 2.48. The molecule has 0 saturated carbocycles. The summed E-state index contributed by atoms with van der Waals surface area (Å²) in [6.45, 7) is 0. The Balaban J connectivity index is 0.866. The average molecular weight is 879 g/mol. The molecule has 0 N–H and O–H groups in total.